The molecule has 0 radical (unpaired) electrons. The average molecular weight is 391 g/mol. The van der Waals surface area contributed by atoms with E-state index in [4.69, 9.17) is 4.42 Å². The largest absolute Gasteiger partial charge is 0.449 e. The molecule has 4 rings (SSSR count). The van der Waals surface area contributed by atoms with Crippen LogP contribution in [0.25, 0.3) is 22.1 Å². The zero-order chi connectivity index (χ0) is 16.7. The number of nitrogens with one attached hydrogen (secondary N) is 3. The molecule has 3 heterocycles. The standard InChI is InChI=1S/C16H15BrN4O3/c17-9-1-2-11-10(5-9)13-14(24-11)16(23)21-12(20-13)7-19-15(22)8-3-4-18-6-8/h1-2,5,8,18H,3-4,6-7H2,(H,19,22)(H,20,21,23). The van der Waals surface area contributed by atoms with Gasteiger partial charge >= 0.3 is 0 Å². The fourth-order valence-electron chi connectivity index (χ4n) is 2.95. The Morgan fingerprint density at radius 1 is 1.46 bits per heavy atom. The highest BCUT2D eigenvalue weighted by molar-refractivity contribution is 9.10. The monoisotopic (exact) mass is 390 g/mol. The zero-order valence-electron chi connectivity index (χ0n) is 12.7. The zero-order valence-corrected chi connectivity index (χ0v) is 14.3. The third-order valence-corrected chi connectivity index (χ3v) is 4.69. The van der Waals surface area contributed by atoms with Crippen molar-refractivity contribution in [2.75, 3.05) is 13.1 Å². The number of halogens is 1. The fourth-order valence-corrected chi connectivity index (χ4v) is 3.31. The molecule has 8 heteroatoms. The molecule has 3 aromatic rings. The van der Waals surface area contributed by atoms with Crippen LogP contribution in [0.1, 0.15) is 12.2 Å². The van der Waals surface area contributed by atoms with Crippen molar-refractivity contribution in [3.05, 3.63) is 38.9 Å². The molecule has 0 aliphatic carbocycles. The number of nitrogens with zero attached hydrogens (tertiary/aromatic N) is 1. The van der Waals surface area contributed by atoms with Gasteiger partial charge in [0.15, 0.2) is 0 Å². The molecule has 1 fully saturated rings. The lowest BCUT2D eigenvalue weighted by atomic mass is 10.1. The topological polar surface area (TPSA) is 100 Å². The van der Waals surface area contributed by atoms with Crippen LogP contribution in [0.5, 0.6) is 0 Å². The summed E-state index contributed by atoms with van der Waals surface area (Å²) in [5.41, 5.74) is 0.948. The number of hydrogen-bond donors (Lipinski definition) is 3. The molecule has 1 aliphatic heterocycles. The van der Waals surface area contributed by atoms with Gasteiger partial charge in [-0.25, -0.2) is 4.98 Å². The van der Waals surface area contributed by atoms with Gasteiger partial charge in [-0.2, -0.15) is 0 Å². The summed E-state index contributed by atoms with van der Waals surface area (Å²) in [6, 6.07) is 5.49. The van der Waals surface area contributed by atoms with Gasteiger partial charge in [-0.15, -0.1) is 0 Å². The summed E-state index contributed by atoms with van der Waals surface area (Å²) in [6.45, 7) is 1.73. The summed E-state index contributed by atoms with van der Waals surface area (Å²) >= 11 is 3.41. The first kappa shape index (κ1) is 15.3. The fraction of sp³-hybridized carbons (Fsp3) is 0.312. The van der Waals surface area contributed by atoms with Crippen molar-refractivity contribution < 1.29 is 9.21 Å². The lowest BCUT2D eigenvalue weighted by Crippen LogP contribution is -2.32. The molecule has 0 saturated carbocycles. The van der Waals surface area contributed by atoms with Crippen LogP contribution in [0.2, 0.25) is 0 Å². The smallest absolute Gasteiger partial charge is 0.294 e. The van der Waals surface area contributed by atoms with E-state index >= 15 is 0 Å². The summed E-state index contributed by atoms with van der Waals surface area (Å²) < 4.78 is 6.46. The van der Waals surface area contributed by atoms with E-state index in [2.05, 4.69) is 36.5 Å². The Balaban J connectivity index is 1.66. The molecule has 24 heavy (non-hydrogen) atoms. The van der Waals surface area contributed by atoms with Crippen LogP contribution in [0.15, 0.2) is 31.9 Å². The van der Waals surface area contributed by atoms with E-state index in [-0.39, 0.29) is 29.5 Å². The van der Waals surface area contributed by atoms with E-state index in [0.717, 1.165) is 22.8 Å². The van der Waals surface area contributed by atoms with Gasteiger partial charge in [0.1, 0.15) is 16.9 Å². The molecule has 1 amide bonds. The van der Waals surface area contributed by atoms with Gasteiger partial charge < -0.3 is 20.0 Å². The van der Waals surface area contributed by atoms with Crippen molar-refractivity contribution in [2.45, 2.75) is 13.0 Å². The summed E-state index contributed by atoms with van der Waals surface area (Å²) in [5, 5.41) is 6.75. The van der Waals surface area contributed by atoms with E-state index in [1.165, 1.54) is 0 Å². The molecular weight excluding hydrogens is 376 g/mol. The number of amides is 1. The number of fused-ring (bicyclic) bond motifs is 3. The highest BCUT2D eigenvalue weighted by atomic mass is 79.9. The first-order chi connectivity index (χ1) is 11.6. The van der Waals surface area contributed by atoms with Gasteiger partial charge in [0.05, 0.1) is 12.5 Å². The Morgan fingerprint density at radius 3 is 3.12 bits per heavy atom. The molecule has 1 aliphatic rings. The molecule has 0 spiro atoms. The number of benzene rings is 1. The summed E-state index contributed by atoms with van der Waals surface area (Å²) in [7, 11) is 0. The summed E-state index contributed by atoms with van der Waals surface area (Å²) in [5.74, 6) is 0.364. The first-order valence-corrected chi connectivity index (χ1v) is 8.50. The number of aromatic amines is 1. The van der Waals surface area contributed by atoms with Gasteiger partial charge in [-0.05, 0) is 31.2 Å². The maximum atomic E-state index is 12.2. The molecule has 124 valence electrons. The molecule has 1 atom stereocenters. The second-order valence-corrected chi connectivity index (χ2v) is 6.76. The quantitative estimate of drug-likeness (QED) is 0.631. The predicted molar refractivity (Wildman–Crippen MR) is 92.7 cm³/mol. The number of furan rings is 1. The van der Waals surface area contributed by atoms with Gasteiger partial charge in [-0.3, -0.25) is 9.59 Å². The highest BCUT2D eigenvalue weighted by Crippen LogP contribution is 2.27. The van der Waals surface area contributed by atoms with E-state index < -0.39 is 0 Å². The molecule has 7 nitrogen and oxygen atoms in total. The van der Waals surface area contributed by atoms with Crippen LogP contribution in [0.4, 0.5) is 0 Å². The number of carbonyl (C=O) groups is 1. The van der Waals surface area contributed by atoms with Crippen molar-refractivity contribution in [1.82, 2.24) is 20.6 Å². The van der Waals surface area contributed by atoms with Crippen LogP contribution >= 0.6 is 15.9 Å². The van der Waals surface area contributed by atoms with E-state index in [9.17, 15) is 9.59 Å². The number of hydrogen-bond acceptors (Lipinski definition) is 5. The first-order valence-electron chi connectivity index (χ1n) is 7.71. The van der Waals surface area contributed by atoms with Gasteiger partial charge in [-0.1, -0.05) is 15.9 Å². The van der Waals surface area contributed by atoms with Gasteiger partial charge in [0.25, 0.3) is 5.56 Å². The third kappa shape index (κ3) is 2.71. The van der Waals surface area contributed by atoms with E-state index in [1.807, 2.05) is 12.1 Å². The van der Waals surface area contributed by atoms with Crippen LogP contribution in [0.3, 0.4) is 0 Å². The van der Waals surface area contributed by atoms with Crippen LogP contribution in [-0.4, -0.2) is 29.0 Å². The second-order valence-electron chi connectivity index (χ2n) is 5.84. The number of carbonyl (C=O) groups excluding carboxylic acids is 1. The van der Waals surface area contributed by atoms with Crippen LogP contribution in [0, 0.1) is 5.92 Å². The molecule has 3 N–H and O–H groups in total. The lowest BCUT2D eigenvalue weighted by Gasteiger charge is -2.09. The molecule has 1 unspecified atom stereocenters. The van der Waals surface area contributed by atoms with Crippen LogP contribution < -0.4 is 16.2 Å². The predicted octanol–water partition coefficient (Wildman–Crippen LogP) is 1.66. The summed E-state index contributed by atoms with van der Waals surface area (Å²) in [4.78, 5) is 31.4. The Labute approximate surface area is 145 Å². The van der Waals surface area contributed by atoms with Crippen LogP contribution in [-0.2, 0) is 11.3 Å². The Hall–Kier alpha value is -2.19. The van der Waals surface area contributed by atoms with Crippen molar-refractivity contribution in [3.8, 4) is 0 Å². The molecular formula is C16H15BrN4O3. The molecule has 1 aromatic carbocycles. The minimum Gasteiger partial charge on any atom is -0.449 e. The molecule has 1 saturated heterocycles. The minimum atomic E-state index is -0.348. The normalized spacial score (nSPS) is 17.6. The maximum Gasteiger partial charge on any atom is 0.294 e. The number of rotatable bonds is 3. The maximum absolute atomic E-state index is 12.2. The Bertz CT molecular complexity index is 988. The molecule has 0 bridgehead atoms. The average Bonchev–Trinajstić information content (AvgIpc) is 3.21. The highest BCUT2D eigenvalue weighted by Gasteiger charge is 2.22. The van der Waals surface area contributed by atoms with Crippen molar-refractivity contribution in [1.29, 1.82) is 0 Å². The number of H-pyrrole nitrogens is 1. The lowest BCUT2D eigenvalue weighted by molar-refractivity contribution is -0.124. The van der Waals surface area contributed by atoms with E-state index in [1.54, 1.807) is 6.07 Å². The van der Waals surface area contributed by atoms with Crippen molar-refractivity contribution in [3.63, 3.8) is 0 Å². The Kier molecular flexibility index (Phi) is 3.85. The van der Waals surface area contributed by atoms with E-state index in [0.29, 0.717) is 23.5 Å². The van der Waals surface area contributed by atoms with Gasteiger partial charge in [0.2, 0.25) is 11.5 Å². The van der Waals surface area contributed by atoms with Gasteiger partial charge in [0, 0.05) is 16.4 Å². The summed E-state index contributed by atoms with van der Waals surface area (Å²) in [6.07, 6.45) is 0.829. The van der Waals surface area contributed by atoms with Crippen molar-refractivity contribution in [2.24, 2.45) is 5.92 Å². The van der Waals surface area contributed by atoms with Crippen molar-refractivity contribution >= 4 is 43.9 Å². The number of aromatic nitrogens is 2. The molecule has 2 aromatic heterocycles. The SMILES string of the molecule is O=C(NCc1nc2c(oc3ccc(Br)cc32)c(=O)[nH]1)C1CCNC1. The minimum absolute atomic E-state index is 0.0221. The third-order valence-electron chi connectivity index (χ3n) is 4.20. The second kappa shape index (κ2) is 6.03. The Morgan fingerprint density at radius 2 is 2.33 bits per heavy atom.